The molecule has 0 radical (unpaired) electrons. The highest BCUT2D eigenvalue weighted by Crippen LogP contribution is 2.37. The van der Waals surface area contributed by atoms with Gasteiger partial charge in [-0.15, -0.1) is 0 Å². The maximum atomic E-state index is 14.2. The standard InChI is InChI=1S/C14H22FNO2/c1-9(16)6-10-7-11(14(2,3)15)13(18-5)8-12(10)17-4/h7-9H,6,16H2,1-5H3. The maximum absolute atomic E-state index is 14.2. The lowest BCUT2D eigenvalue weighted by molar-refractivity contribution is 0.213. The highest BCUT2D eigenvalue weighted by Gasteiger charge is 2.25. The molecule has 0 saturated carbocycles. The number of methoxy groups -OCH3 is 2. The van der Waals surface area contributed by atoms with E-state index in [1.165, 1.54) is 21.0 Å². The molecule has 18 heavy (non-hydrogen) atoms. The number of hydrogen-bond donors (Lipinski definition) is 1. The van der Waals surface area contributed by atoms with E-state index in [4.69, 9.17) is 15.2 Å². The lowest BCUT2D eigenvalue weighted by Crippen LogP contribution is -2.19. The minimum absolute atomic E-state index is 0.0112. The molecule has 0 aromatic heterocycles. The summed E-state index contributed by atoms with van der Waals surface area (Å²) < 4.78 is 24.7. The zero-order chi connectivity index (χ0) is 13.9. The van der Waals surface area contributed by atoms with Gasteiger partial charge in [-0.2, -0.15) is 0 Å². The van der Waals surface area contributed by atoms with Crippen LogP contribution in [0.4, 0.5) is 4.39 Å². The van der Waals surface area contributed by atoms with Gasteiger partial charge < -0.3 is 15.2 Å². The van der Waals surface area contributed by atoms with E-state index in [-0.39, 0.29) is 6.04 Å². The van der Waals surface area contributed by atoms with E-state index in [1.54, 1.807) is 19.2 Å². The fourth-order valence-corrected chi connectivity index (χ4v) is 1.94. The van der Waals surface area contributed by atoms with Crippen molar-refractivity contribution >= 4 is 0 Å². The van der Waals surface area contributed by atoms with Gasteiger partial charge in [-0.1, -0.05) is 0 Å². The summed E-state index contributed by atoms with van der Waals surface area (Å²) in [6.45, 7) is 4.92. The molecule has 0 saturated heterocycles. The van der Waals surface area contributed by atoms with Crippen LogP contribution in [0, 0.1) is 0 Å². The average molecular weight is 255 g/mol. The van der Waals surface area contributed by atoms with Gasteiger partial charge in [0.25, 0.3) is 0 Å². The van der Waals surface area contributed by atoms with Gasteiger partial charge in [0.1, 0.15) is 17.2 Å². The molecule has 0 aliphatic carbocycles. The Balaban J connectivity index is 3.34. The van der Waals surface area contributed by atoms with E-state index >= 15 is 0 Å². The van der Waals surface area contributed by atoms with Gasteiger partial charge in [0, 0.05) is 17.7 Å². The van der Waals surface area contributed by atoms with Crippen molar-refractivity contribution in [3.63, 3.8) is 0 Å². The largest absolute Gasteiger partial charge is 0.496 e. The van der Waals surface area contributed by atoms with Crippen molar-refractivity contribution in [2.24, 2.45) is 5.73 Å². The molecule has 1 aromatic carbocycles. The van der Waals surface area contributed by atoms with Gasteiger partial charge in [0.05, 0.1) is 14.2 Å². The summed E-state index contributed by atoms with van der Waals surface area (Å²) in [5.41, 5.74) is 5.74. The van der Waals surface area contributed by atoms with Crippen molar-refractivity contribution in [1.82, 2.24) is 0 Å². The monoisotopic (exact) mass is 255 g/mol. The Hall–Kier alpha value is -1.29. The van der Waals surface area contributed by atoms with Crippen molar-refractivity contribution in [1.29, 1.82) is 0 Å². The summed E-state index contributed by atoms with van der Waals surface area (Å²) in [5.74, 6) is 1.17. The van der Waals surface area contributed by atoms with Crippen molar-refractivity contribution in [3.8, 4) is 11.5 Å². The highest BCUT2D eigenvalue weighted by atomic mass is 19.1. The van der Waals surface area contributed by atoms with Gasteiger partial charge >= 0.3 is 0 Å². The fourth-order valence-electron chi connectivity index (χ4n) is 1.94. The molecule has 1 atom stereocenters. The molecule has 2 N–H and O–H groups in total. The molecule has 4 heteroatoms. The van der Waals surface area contributed by atoms with E-state index in [1.807, 2.05) is 6.92 Å². The van der Waals surface area contributed by atoms with Crippen molar-refractivity contribution in [2.45, 2.75) is 38.9 Å². The second-order valence-electron chi connectivity index (χ2n) is 5.02. The molecule has 3 nitrogen and oxygen atoms in total. The third-order valence-electron chi connectivity index (χ3n) is 2.78. The highest BCUT2D eigenvalue weighted by molar-refractivity contribution is 5.49. The number of benzene rings is 1. The minimum Gasteiger partial charge on any atom is -0.496 e. The topological polar surface area (TPSA) is 44.5 Å². The number of ether oxygens (including phenoxy) is 2. The normalized spacial score (nSPS) is 13.3. The van der Waals surface area contributed by atoms with Gasteiger partial charge in [0.2, 0.25) is 0 Å². The molecule has 0 aliphatic rings. The first kappa shape index (κ1) is 14.8. The molecule has 0 amide bonds. The quantitative estimate of drug-likeness (QED) is 0.880. The third kappa shape index (κ3) is 3.35. The summed E-state index contributed by atoms with van der Waals surface area (Å²) in [4.78, 5) is 0. The second-order valence-corrected chi connectivity index (χ2v) is 5.02. The van der Waals surface area contributed by atoms with Crippen LogP contribution in [0.25, 0.3) is 0 Å². The summed E-state index contributed by atoms with van der Waals surface area (Å²) in [7, 11) is 3.11. The predicted octanol–water partition coefficient (Wildman–Crippen LogP) is 2.80. The van der Waals surface area contributed by atoms with E-state index in [2.05, 4.69) is 0 Å². The lowest BCUT2D eigenvalue weighted by Gasteiger charge is -2.21. The summed E-state index contributed by atoms with van der Waals surface area (Å²) in [6.07, 6.45) is 0.635. The predicted molar refractivity (Wildman–Crippen MR) is 71.0 cm³/mol. The fraction of sp³-hybridized carbons (Fsp3) is 0.571. The number of alkyl halides is 1. The van der Waals surface area contributed by atoms with Gasteiger partial charge in [-0.05, 0) is 38.8 Å². The first-order chi connectivity index (χ1) is 8.29. The Morgan fingerprint density at radius 2 is 1.78 bits per heavy atom. The summed E-state index contributed by atoms with van der Waals surface area (Å²) >= 11 is 0. The molecule has 0 spiro atoms. The Kier molecular flexibility index (Phi) is 4.57. The zero-order valence-corrected chi connectivity index (χ0v) is 11.7. The zero-order valence-electron chi connectivity index (χ0n) is 11.7. The van der Waals surface area contributed by atoms with Crippen molar-refractivity contribution in [2.75, 3.05) is 14.2 Å². The van der Waals surface area contributed by atoms with Gasteiger partial charge in [-0.3, -0.25) is 0 Å². The SMILES string of the molecule is COc1cc(OC)c(C(C)(C)F)cc1CC(C)N. The summed E-state index contributed by atoms with van der Waals surface area (Å²) in [6, 6.07) is 3.48. The van der Waals surface area contributed by atoms with Crippen LogP contribution in [-0.2, 0) is 12.1 Å². The number of rotatable bonds is 5. The first-order valence-corrected chi connectivity index (χ1v) is 5.99. The smallest absolute Gasteiger partial charge is 0.134 e. The van der Waals surface area contributed by atoms with E-state index in [0.29, 0.717) is 23.5 Å². The summed E-state index contributed by atoms with van der Waals surface area (Å²) in [5, 5.41) is 0. The number of hydrogen-bond acceptors (Lipinski definition) is 3. The molecule has 102 valence electrons. The van der Waals surface area contributed by atoms with Crippen LogP contribution in [0.5, 0.6) is 11.5 Å². The lowest BCUT2D eigenvalue weighted by atomic mass is 9.94. The second kappa shape index (κ2) is 5.57. The Morgan fingerprint density at radius 3 is 2.17 bits per heavy atom. The Morgan fingerprint density at radius 1 is 1.22 bits per heavy atom. The van der Waals surface area contributed by atoms with Gasteiger partial charge in [0.15, 0.2) is 0 Å². The molecular formula is C14H22FNO2. The van der Waals surface area contributed by atoms with Crippen LogP contribution in [0.2, 0.25) is 0 Å². The van der Waals surface area contributed by atoms with Crippen LogP contribution in [0.3, 0.4) is 0 Å². The van der Waals surface area contributed by atoms with E-state index in [9.17, 15) is 4.39 Å². The third-order valence-corrected chi connectivity index (χ3v) is 2.78. The molecule has 0 bridgehead atoms. The molecular weight excluding hydrogens is 233 g/mol. The number of halogens is 1. The van der Waals surface area contributed by atoms with E-state index in [0.717, 1.165) is 5.56 Å². The molecule has 1 aromatic rings. The Bertz CT molecular complexity index is 411. The van der Waals surface area contributed by atoms with Gasteiger partial charge in [-0.25, -0.2) is 4.39 Å². The van der Waals surface area contributed by atoms with Crippen LogP contribution in [0.15, 0.2) is 12.1 Å². The minimum atomic E-state index is -1.47. The van der Waals surface area contributed by atoms with Crippen molar-refractivity contribution < 1.29 is 13.9 Å². The molecule has 0 heterocycles. The first-order valence-electron chi connectivity index (χ1n) is 5.99. The molecule has 0 aliphatic heterocycles. The van der Waals surface area contributed by atoms with Crippen molar-refractivity contribution in [3.05, 3.63) is 23.3 Å². The van der Waals surface area contributed by atoms with Crippen LogP contribution in [-0.4, -0.2) is 20.3 Å². The molecule has 1 rings (SSSR count). The van der Waals surface area contributed by atoms with Crippen LogP contribution in [0.1, 0.15) is 31.9 Å². The molecule has 0 fully saturated rings. The average Bonchev–Trinajstić information content (AvgIpc) is 2.26. The van der Waals surface area contributed by atoms with Crippen LogP contribution < -0.4 is 15.2 Å². The molecule has 1 unspecified atom stereocenters. The van der Waals surface area contributed by atoms with E-state index < -0.39 is 5.67 Å². The number of nitrogens with two attached hydrogens (primary N) is 1. The maximum Gasteiger partial charge on any atom is 0.134 e. The Labute approximate surface area is 108 Å². The van der Waals surface area contributed by atoms with Crippen LogP contribution >= 0.6 is 0 Å².